The number of carbonyl (C=O) groups is 1. The highest BCUT2D eigenvalue weighted by molar-refractivity contribution is 7.14. The van der Waals surface area contributed by atoms with Gasteiger partial charge in [-0.2, -0.15) is 0 Å². The number of rotatable bonds is 5. The fourth-order valence-electron chi connectivity index (χ4n) is 2.84. The van der Waals surface area contributed by atoms with Gasteiger partial charge in [-0.1, -0.05) is 48.5 Å². The third-order valence-electron chi connectivity index (χ3n) is 4.12. The molecule has 2 aromatic heterocycles. The molecular weight excluding hydrogens is 330 g/mol. The van der Waals surface area contributed by atoms with Crippen LogP contribution in [0.15, 0.2) is 66.2 Å². The van der Waals surface area contributed by atoms with Crippen LogP contribution in [0.2, 0.25) is 0 Å². The van der Waals surface area contributed by atoms with E-state index in [1.807, 2.05) is 60.1 Å². The Kier molecular flexibility index (Phi) is 4.31. The predicted molar refractivity (Wildman–Crippen MR) is 103 cm³/mol. The zero-order valence-corrected chi connectivity index (χ0v) is 14.3. The van der Waals surface area contributed by atoms with Crippen LogP contribution in [-0.2, 0) is 11.2 Å². The molecule has 0 aliphatic carbocycles. The molecule has 4 nitrogen and oxygen atoms in total. The van der Waals surface area contributed by atoms with Crippen LogP contribution >= 0.6 is 11.3 Å². The van der Waals surface area contributed by atoms with Crippen molar-refractivity contribution in [1.29, 1.82) is 0 Å². The van der Waals surface area contributed by atoms with Gasteiger partial charge in [0.05, 0.1) is 5.69 Å². The summed E-state index contributed by atoms with van der Waals surface area (Å²) in [6.45, 7) is 0. The van der Waals surface area contributed by atoms with Crippen molar-refractivity contribution in [1.82, 2.24) is 9.97 Å². The van der Waals surface area contributed by atoms with Crippen LogP contribution in [0.1, 0.15) is 12.0 Å². The SMILES string of the molecule is O=C(CCc1c[nH]c2ccccc12)Nc1nc(-c2ccccc2)cs1. The summed E-state index contributed by atoms with van der Waals surface area (Å²) in [5.41, 5.74) is 4.20. The van der Waals surface area contributed by atoms with E-state index < -0.39 is 0 Å². The molecule has 25 heavy (non-hydrogen) atoms. The molecule has 1 amide bonds. The Morgan fingerprint density at radius 3 is 2.76 bits per heavy atom. The third kappa shape index (κ3) is 3.46. The molecule has 4 rings (SSSR count). The van der Waals surface area contributed by atoms with E-state index in [0.717, 1.165) is 22.3 Å². The third-order valence-corrected chi connectivity index (χ3v) is 4.87. The molecule has 4 aromatic rings. The Morgan fingerprint density at radius 1 is 1.08 bits per heavy atom. The summed E-state index contributed by atoms with van der Waals surface area (Å²) in [5, 5.41) is 6.68. The van der Waals surface area contributed by atoms with E-state index >= 15 is 0 Å². The summed E-state index contributed by atoms with van der Waals surface area (Å²) >= 11 is 1.45. The maximum Gasteiger partial charge on any atom is 0.226 e. The number of carbonyl (C=O) groups excluding carboxylic acids is 1. The largest absolute Gasteiger partial charge is 0.361 e. The van der Waals surface area contributed by atoms with Gasteiger partial charge in [0.25, 0.3) is 0 Å². The average molecular weight is 347 g/mol. The molecule has 0 aliphatic heterocycles. The Bertz CT molecular complexity index is 1000. The van der Waals surface area contributed by atoms with Gasteiger partial charge in [0.2, 0.25) is 5.91 Å². The lowest BCUT2D eigenvalue weighted by Crippen LogP contribution is -2.12. The standard InChI is InChI=1S/C20H17N3OS/c24-19(11-10-15-12-21-17-9-5-4-8-16(15)17)23-20-22-18(13-25-20)14-6-2-1-3-7-14/h1-9,12-13,21H,10-11H2,(H,22,23,24). The van der Waals surface area contributed by atoms with Crippen molar-refractivity contribution in [3.63, 3.8) is 0 Å². The summed E-state index contributed by atoms with van der Waals surface area (Å²) in [4.78, 5) is 20.0. The van der Waals surface area contributed by atoms with Crippen molar-refractivity contribution in [2.75, 3.05) is 5.32 Å². The van der Waals surface area contributed by atoms with Gasteiger partial charge >= 0.3 is 0 Å². The van der Waals surface area contributed by atoms with Crippen LogP contribution in [0.3, 0.4) is 0 Å². The second-order valence-corrected chi connectivity index (χ2v) is 6.67. The summed E-state index contributed by atoms with van der Waals surface area (Å²) < 4.78 is 0. The van der Waals surface area contributed by atoms with Gasteiger partial charge in [0.15, 0.2) is 5.13 Å². The maximum atomic E-state index is 12.2. The van der Waals surface area contributed by atoms with E-state index in [4.69, 9.17) is 0 Å². The summed E-state index contributed by atoms with van der Waals surface area (Å²) in [6.07, 6.45) is 3.11. The number of fused-ring (bicyclic) bond motifs is 1. The Hall–Kier alpha value is -2.92. The minimum absolute atomic E-state index is 0.0146. The van der Waals surface area contributed by atoms with Gasteiger partial charge in [-0.05, 0) is 18.1 Å². The molecule has 5 heteroatoms. The van der Waals surface area contributed by atoms with Crippen molar-refractivity contribution in [3.05, 3.63) is 71.7 Å². The molecule has 2 N–H and O–H groups in total. The zero-order valence-electron chi connectivity index (χ0n) is 13.5. The number of amides is 1. The van der Waals surface area contributed by atoms with Crippen molar-refractivity contribution < 1.29 is 4.79 Å². The van der Waals surface area contributed by atoms with Crippen molar-refractivity contribution in [2.45, 2.75) is 12.8 Å². The second kappa shape index (κ2) is 6.91. The monoisotopic (exact) mass is 347 g/mol. The molecule has 0 saturated carbocycles. The van der Waals surface area contributed by atoms with E-state index in [9.17, 15) is 4.79 Å². The van der Waals surface area contributed by atoms with Crippen LogP contribution < -0.4 is 5.32 Å². The molecule has 2 heterocycles. The van der Waals surface area contributed by atoms with Crippen LogP contribution in [0.4, 0.5) is 5.13 Å². The minimum atomic E-state index is -0.0146. The number of hydrogen-bond donors (Lipinski definition) is 2. The Morgan fingerprint density at radius 2 is 1.88 bits per heavy atom. The molecule has 2 aromatic carbocycles. The topological polar surface area (TPSA) is 57.8 Å². The van der Waals surface area contributed by atoms with Gasteiger partial charge in [0, 0.05) is 34.5 Å². The number of thiazole rings is 1. The number of nitrogens with zero attached hydrogens (tertiary/aromatic N) is 1. The van der Waals surface area contributed by atoms with Gasteiger partial charge in [0.1, 0.15) is 0 Å². The number of aryl methyl sites for hydroxylation is 1. The van der Waals surface area contributed by atoms with Gasteiger partial charge in [-0.3, -0.25) is 4.79 Å². The molecule has 0 aliphatic rings. The van der Waals surface area contributed by atoms with E-state index in [-0.39, 0.29) is 5.91 Å². The molecular formula is C20H17N3OS. The number of aromatic nitrogens is 2. The van der Waals surface area contributed by atoms with Gasteiger partial charge in [-0.25, -0.2) is 4.98 Å². The molecule has 0 atom stereocenters. The fourth-order valence-corrected chi connectivity index (χ4v) is 3.58. The highest BCUT2D eigenvalue weighted by Gasteiger charge is 2.10. The van der Waals surface area contributed by atoms with E-state index in [1.54, 1.807) is 0 Å². The molecule has 0 fully saturated rings. The first kappa shape index (κ1) is 15.6. The molecule has 0 radical (unpaired) electrons. The average Bonchev–Trinajstić information content (AvgIpc) is 3.28. The smallest absolute Gasteiger partial charge is 0.226 e. The van der Waals surface area contributed by atoms with E-state index in [0.29, 0.717) is 18.0 Å². The normalized spacial score (nSPS) is 10.9. The number of para-hydroxylation sites is 1. The summed E-state index contributed by atoms with van der Waals surface area (Å²) in [5.74, 6) is -0.0146. The Balaban J connectivity index is 1.39. The lowest BCUT2D eigenvalue weighted by Gasteiger charge is -2.01. The number of nitrogens with one attached hydrogen (secondary N) is 2. The molecule has 0 saturated heterocycles. The number of aromatic amines is 1. The van der Waals surface area contributed by atoms with Crippen molar-refractivity contribution in [3.8, 4) is 11.3 Å². The van der Waals surface area contributed by atoms with Gasteiger partial charge < -0.3 is 10.3 Å². The number of H-pyrrole nitrogens is 1. The van der Waals surface area contributed by atoms with Crippen molar-refractivity contribution >= 4 is 33.3 Å². The van der Waals surface area contributed by atoms with E-state index in [2.05, 4.69) is 21.4 Å². The number of anilines is 1. The molecule has 0 bridgehead atoms. The highest BCUT2D eigenvalue weighted by Crippen LogP contribution is 2.25. The van der Waals surface area contributed by atoms with Crippen LogP contribution in [0, 0.1) is 0 Å². The molecule has 0 spiro atoms. The lowest BCUT2D eigenvalue weighted by molar-refractivity contribution is -0.116. The van der Waals surface area contributed by atoms with Crippen LogP contribution in [0.5, 0.6) is 0 Å². The minimum Gasteiger partial charge on any atom is -0.361 e. The second-order valence-electron chi connectivity index (χ2n) is 5.81. The summed E-state index contributed by atoms with van der Waals surface area (Å²) in [6, 6.07) is 18.1. The predicted octanol–water partition coefficient (Wildman–Crippen LogP) is 4.86. The summed E-state index contributed by atoms with van der Waals surface area (Å²) in [7, 11) is 0. The van der Waals surface area contributed by atoms with Crippen LogP contribution in [-0.4, -0.2) is 15.9 Å². The van der Waals surface area contributed by atoms with Gasteiger partial charge in [-0.15, -0.1) is 11.3 Å². The first-order chi connectivity index (χ1) is 12.3. The van der Waals surface area contributed by atoms with Crippen molar-refractivity contribution in [2.24, 2.45) is 0 Å². The number of hydrogen-bond acceptors (Lipinski definition) is 3. The first-order valence-electron chi connectivity index (χ1n) is 8.15. The molecule has 0 unspecified atom stereocenters. The zero-order chi connectivity index (χ0) is 17.1. The Labute approximate surface area is 149 Å². The van der Waals surface area contributed by atoms with E-state index in [1.165, 1.54) is 16.7 Å². The fraction of sp³-hybridized carbons (Fsp3) is 0.100. The quantitative estimate of drug-likeness (QED) is 0.541. The number of benzene rings is 2. The maximum absolute atomic E-state index is 12.2. The first-order valence-corrected chi connectivity index (χ1v) is 9.03. The van der Waals surface area contributed by atoms with Crippen LogP contribution in [0.25, 0.3) is 22.2 Å². The molecule has 124 valence electrons. The lowest BCUT2D eigenvalue weighted by atomic mass is 10.1. The highest BCUT2D eigenvalue weighted by atomic mass is 32.1.